The number of nitrogens with zero attached hydrogens (tertiary/aromatic N) is 1. The summed E-state index contributed by atoms with van der Waals surface area (Å²) in [6.45, 7) is 1.93. The van der Waals surface area contributed by atoms with Gasteiger partial charge in [0.1, 0.15) is 6.61 Å². The second-order valence-corrected chi connectivity index (χ2v) is 4.25. The maximum atomic E-state index is 11.8. The van der Waals surface area contributed by atoms with Crippen LogP contribution in [0.1, 0.15) is 12.5 Å². The lowest BCUT2D eigenvalue weighted by Crippen LogP contribution is -2.36. The molecule has 1 aliphatic heterocycles. The Hall–Kier alpha value is -2.04. The predicted molar refractivity (Wildman–Crippen MR) is 63.7 cm³/mol. The molecule has 1 fully saturated rings. The first kappa shape index (κ1) is 12.4. The zero-order chi connectivity index (χ0) is 13.1. The van der Waals surface area contributed by atoms with Crippen molar-refractivity contribution < 1.29 is 19.1 Å². The molecule has 5 nitrogen and oxygen atoms in total. The Bertz CT molecular complexity index is 446. The minimum atomic E-state index is -0.841. The summed E-state index contributed by atoms with van der Waals surface area (Å²) in [5, 5.41) is 0. The second-order valence-electron chi connectivity index (χ2n) is 4.25. The lowest BCUT2D eigenvalue weighted by Gasteiger charge is -2.15. The number of hydrogen-bond acceptors (Lipinski definition) is 4. The van der Waals surface area contributed by atoms with Crippen molar-refractivity contribution in [2.24, 2.45) is 0 Å². The van der Waals surface area contributed by atoms with Crippen molar-refractivity contribution >= 4 is 12.1 Å². The van der Waals surface area contributed by atoms with E-state index in [9.17, 15) is 9.59 Å². The fraction of sp³-hybridized carbons (Fsp3) is 0.385. The highest BCUT2D eigenvalue weighted by Gasteiger charge is 2.42. The molecule has 1 saturated heterocycles. The molecule has 2 atom stereocenters. The molecule has 0 aromatic heterocycles. The highest BCUT2D eigenvalue weighted by Crippen LogP contribution is 2.18. The summed E-state index contributed by atoms with van der Waals surface area (Å²) in [6, 6.07) is 9.05. The van der Waals surface area contributed by atoms with Crippen LogP contribution < -0.4 is 0 Å². The zero-order valence-corrected chi connectivity index (χ0v) is 10.3. The molecule has 0 spiro atoms. The molecule has 96 valence electrons. The Labute approximate surface area is 105 Å². The number of hydrogen-bond donors (Lipinski definition) is 0. The zero-order valence-electron chi connectivity index (χ0n) is 10.3. The Morgan fingerprint density at radius 2 is 2.06 bits per heavy atom. The average molecular weight is 249 g/mol. The molecule has 1 aliphatic rings. The molecule has 5 heteroatoms. The maximum absolute atomic E-state index is 11.8. The van der Waals surface area contributed by atoms with Gasteiger partial charge < -0.3 is 14.4 Å². The van der Waals surface area contributed by atoms with Crippen molar-refractivity contribution in [1.29, 1.82) is 0 Å². The third-order valence-corrected chi connectivity index (χ3v) is 3.02. The Balaban J connectivity index is 1.91. The van der Waals surface area contributed by atoms with Gasteiger partial charge in [-0.2, -0.15) is 0 Å². The first-order valence-electron chi connectivity index (χ1n) is 5.73. The first-order valence-corrected chi connectivity index (χ1v) is 5.73. The van der Waals surface area contributed by atoms with Crippen molar-refractivity contribution in [3.8, 4) is 0 Å². The molecule has 2 unspecified atom stereocenters. The number of likely N-dealkylation sites (N-methyl/N-ethyl adjacent to an activating group) is 1. The smallest absolute Gasteiger partial charge is 0.410 e. The van der Waals surface area contributed by atoms with Gasteiger partial charge in [-0.05, 0) is 12.5 Å². The number of rotatable bonds is 3. The van der Waals surface area contributed by atoms with Crippen molar-refractivity contribution in [2.45, 2.75) is 25.7 Å². The molecular weight excluding hydrogens is 234 g/mol. The molecule has 2 rings (SSSR count). The molecule has 1 aromatic rings. The van der Waals surface area contributed by atoms with E-state index in [0.29, 0.717) is 0 Å². The second kappa shape index (κ2) is 5.08. The van der Waals surface area contributed by atoms with Gasteiger partial charge in [0, 0.05) is 7.05 Å². The highest BCUT2D eigenvalue weighted by atomic mass is 16.6. The van der Waals surface area contributed by atoms with Crippen LogP contribution in [0.2, 0.25) is 0 Å². The van der Waals surface area contributed by atoms with Crippen LogP contribution in [-0.4, -0.2) is 36.2 Å². The third-order valence-electron chi connectivity index (χ3n) is 3.02. The van der Waals surface area contributed by atoms with Crippen molar-refractivity contribution in [3.05, 3.63) is 35.9 Å². The first-order chi connectivity index (χ1) is 8.59. The summed E-state index contributed by atoms with van der Waals surface area (Å²) in [5.41, 5.74) is 0.899. The van der Waals surface area contributed by atoms with E-state index in [1.54, 1.807) is 14.0 Å². The Kier molecular flexibility index (Phi) is 3.50. The van der Waals surface area contributed by atoms with Crippen molar-refractivity contribution in [1.82, 2.24) is 4.90 Å². The van der Waals surface area contributed by atoms with E-state index < -0.39 is 18.2 Å². The predicted octanol–water partition coefficient (Wildman–Crippen LogP) is 1.57. The molecule has 0 radical (unpaired) electrons. The lowest BCUT2D eigenvalue weighted by atomic mass is 10.2. The van der Waals surface area contributed by atoms with Crippen LogP contribution in [0.25, 0.3) is 0 Å². The Morgan fingerprint density at radius 1 is 1.39 bits per heavy atom. The van der Waals surface area contributed by atoms with Crippen LogP contribution in [0.15, 0.2) is 30.3 Å². The lowest BCUT2D eigenvalue weighted by molar-refractivity contribution is -0.154. The summed E-state index contributed by atoms with van der Waals surface area (Å²) in [4.78, 5) is 24.4. The minimum Gasteiger partial charge on any atom is -0.458 e. The number of carbonyl (C=O) groups is 2. The molecule has 1 heterocycles. The minimum absolute atomic E-state index is 0.185. The molecule has 1 amide bonds. The van der Waals surface area contributed by atoms with Gasteiger partial charge in [0.25, 0.3) is 0 Å². The van der Waals surface area contributed by atoms with E-state index in [1.807, 2.05) is 30.3 Å². The van der Waals surface area contributed by atoms with E-state index >= 15 is 0 Å². The van der Waals surface area contributed by atoms with Gasteiger partial charge in [-0.25, -0.2) is 9.59 Å². The SMILES string of the molecule is CC1C(C(=O)OCc2ccccc2)OC(=O)N1C. The van der Waals surface area contributed by atoms with E-state index in [-0.39, 0.29) is 12.6 Å². The van der Waals surface area contributed by atoms with Gasteiger partial charge in [0.15, 0.2) is 0 Å². The van der Waals surface area contributed by atoms with Gasteiger partial charge in [-0.1, -0.05) is 30.3 Å². The summed E-state index contributed by atoms with van der Waals surface area (Å²) < 4.78 is 10.1. The van der Waals surface area contributed by atoms with Crippen LogP contribution in [0, 0.1) is 0 Å². The van der Waals surface area contributed by atoms with Crippen molar-refractivity contribution in [3.63, 3.8) is 0 Å². The number of ether oxygens (including phenoxy) is 2. The van der Waals surface area contributed by atoms with Gasteiger partial charge >= 0.3 is 12.1 Å². The van der Waals surface area contributed by atoms with Crippen LogP contribution in [0.5, 0.6) is 0 Å². The molecule has 18 heavy (non-hydrogen) atoms. The normalized spacial score (nSPS) is 22.8. The molecule has 1 aromatic carbocycles. The number of esters is 1. The van der Waals surface area contributed by atoms with Gasteiger partial charge in [-0.3, -0.25) is 0 Å². The van der Waals surface area contributed by atoms with E-state index in [0.717, 1.165) is 5.56 Å². The topological polar surface area (TPSA) is 55.8 Å². The average Bonchev–Trinajstić information content (AvgIpc) is 2.65. The maximum Gasteiger partial charge on any atom is 0.410 e. The van der Waals surface area contributed by atoms with E-state index in [4.69, 9.17) is 9.47 Å². The molecular formula is C13H15NO4. The monoisotopic (exact) mass is 249 g/mol. The number of benzene rings is 1. The van der Waals surface area contributed by atoms with Gasteiger partial charge in [0.05, 0.1) is 6.04 Å². The van der Waals surface area contributed by atoms with E-state index in [2.05, 4.69) is 0 Å². The molecule has 0 N–H and O–H groups in total. The fourth-order valence-corrected chi connectivity index (χ4v) is 1.72. The summed E-state index contributed by atoms with van der Waals surface area (Å²) >= 11 is 0. The third kappa shape index (κ3) is 2.45. The van der Waals surface area contributed by atoms with Crippen molar-refractivity contribution in [2.75, 3.05) is 7.05 Å². The summed E-state index contributed by atoms with van der Waals surface area (Å²) in [6.07, 6.45) is -1.34. The number of cyclic esters (lactones) is 1. The van der Waals surface area contributed by atoms with Crippen LogP contribution in [-0.2, 0) is 20.9 Å². The van der Waals surface area contributed by atoms with Crippen LogP contribution >= 0.6 is 0 Å². The quantitative estimate of drug-likeness (QED) is 0.763. The highest BCUT2D eigenvalue weighted by molar-refractivity contribution is 5.83. The standard InChI is InChI=1S/C13H15NO4/c1-9-11(18-13(16)14(9)2)12(15)17-8-10-6-4-3-5-7-10/h3-7,9,11H,8H2,1-2H3. The van der Waals surface area contributed by atoms with E-state index in [1.165, 1.54) is 4.90 Å². The molecule has 0 bridgehead atoms. The largest absolute Gasteiger partial charge is 0.458 e. The number of amides is 1. The van der Waals surface area contributed by atoms with Crippen LogP contribution in [0.4, 0.5) is 4.79 Å². The van der Waals surface area contributed by atoms with Gasteiger partial charge in [0.2, 0.25) is 6.10 Å². The summed E-state index contributed by atoms with van der Waals surface area (Å²) in [7, 11) is 1.59. The van der Waals surface area contributed by atoms with Crippen LogP contribution in [0.3, 0.4) is 0 Å². The summed E-state index contributed by atoms with van der Waals surface area (Å²) in [5.74, 6) is -0.510. The fourth-order valence-electron chi connectivity index (χ4n) is 1.72. The number of carbonyl (C=O) groups excluding carboxylic acids is 2. The molecule has 0 aliphatic carbocycles. The molecule has 0 saturated carbocycles. The Morgan fingerprint density at radius 3 is 2.61 bits per heavy atom. The van der Waals surface area contributed by atoms with Gasteiger partial charge in [-0.15, -0.1) is 0 Å².